The van der Waals surface area contributed by atoms with Crippen LogP contribution in [0.3, 0.4) is 0 Å². The van der Waals surface area contributed by atoms with Crippen molar-refractivity contribution in [3.63, 3.8) is 0 Å². The van der Waals surface area contributed by atoms with E-state index in [4.69, 9.17) is 5.73 Å². The highest BCUT2D eigenvalue weighted by Crippen LogP contribution is 2.34. The minimum atomic E-state index is 0.755. The van der Waals surface area contributed by atoms with Gasteiger partial charge in [0.15, 0.2) is 0 Å². The summed E-state index contributed by atoms with van der Waals surface area (Å²) in [6.07, 6.45) is 3.82. The predicted molar refractivity (Wildman–Crippen MR) is 61.5 cm³/mol. The Labute approximate surface area is 91.1 Å². The van der Waals surface area contributed by atoms with Crippen LogP contribution in [-0.2, 0) is 19.5 Å². The smallest absolute Gasteiger partial charge is 0.0243 e. The summed E-state index contributed by atoms with van der Waals surface area (Å²) in [5.41, 5.74) is 10.0. The van der Waals surface area contributed by atoms with E-state index in [-0.39, 0.29) is 0 Å². The van der Waals surface area contributed by atoms with E-state index in [1.807, 2.05) is 0 Å². The van der Waals surface area contributed by atoms with Gasteiger partial charge >= 0.3 is 0 Å². The third-order valence-corrected chi connectivity index (χ3v) is 3.51. The average Bonchev–Trinajstić information content (AvgIpc) is 2.99. The summed E-state index contributed by atoms with van der Waals surface area (Å²) in [6, 6.07) is 7.77. The molecule has 0 bridgehead atoms. The van der Waals surface area contributed by atoms with Gasteiger partial charge in [-0.3, -0.25) is 4.90 Å². The van der Waals surface area contributed by atoms with E-state index in [9.17, 15) is 0 Å². The van der Waals surface area contributed by atoms with Crippen LogP contribution in [0.25, 0.3) is 0 Å². The fraction of sp³-hybridized carbons (Fsp3) is 0.538. The summed E-state index contributed by atoms with van der Waals surface area (Å²) >= 11 is 0. The van der Waals surface area contributed by atoms with E-state index in [1.54, 1.807) is 0 Å². The molecule has 3 rings (SSSR count). The van der Waals surface area contributed by atoms with Crippen molar-refractivity contribution in [2.24, 2.45) is 5.73 Å². The topological polar surface area (TPSA) is 29.3 Å². The molecule has 1 heterocycles. The van der Waals surface area contributed by atoms with Gasteiger partial charge in [0.2, 0.25) is 0 Å². The molecule has 1 saturated carbocycles. The number of nitrogens with two attached hydrogens (primary N) is 1. The minimum absolute atomic E-state index is 0.755. The lowest BCUT2D eigenvalue weighted by Gasteiger charge is -2.11. The molecule has 0 saturated heterocycles. The molecule has 0 aromatic heterocycles. The molecule has 0 amide bonds. The molecule has 2 nitrogen and oxygen atoms in total. The second-order valence-electron chi connectivity index (χ2n) is 4.78. The Hall–Kier alpha value is -0.860. The van der Waals surface area contributed by atoms with Crippen molar-refractivity contribution < 1.29 is 0 Å². The normalized spacial score (nSPS) is 20.6. The Morgan fingerprint density at radius 1 is 1.20 bits per heavy atom. The summed E-state index contributed by atoms with van der Waals surface area (Å²) < 4.78 is 0. The van der Waals surface area contributed by atoms with Crippen molar-refractivity contribution in [3.05, 3.63) is 34.9 Å². The largest absolute Gasteiger partial charge is 0.330 e. The first-order valence-electron chi connectivity index (χ1n) is 5.91. The number of hydrogen-bond donors (Lipinski definition) is 1. The molecule has 2 N–H and O–H groups in total. The molecule has 1 aromatic carbocycles. The van der Waals surface area contributed by atoms with Gasteiger partial charge in [-0.15, -0.1) is 0 Å². The zero-order chi connectivity index (χ0) is 10.3. The van der Waals surface area contributed by atoms with Crippen molar-refractivity contribution in [1.29, 1.82) is 0 Å². The van der Waals surface area contributed by atoms with Gasteiger partial charge in [-0.05, 0) is 42.5 Å². The highest BCUT2D eigenvalue weighted by molar-refractivity contribution is 5.35. The van der Waals surface area contributed by atoms with E-state index >= 15 is 0 Å². The van der Waals surface area contributed by atoms with Crippen molar-refractivity contribution in [2.75, 3.05) is 6.54 Å². The predicted octanol–water partition coefficient (Wildman–Crippen LogP) is 1.67. The molecule has 15 heavy (non-hydrogen) atoms. The van der Waals surface area contributed by atoms with E-state index in [0.29, 0.717) is 0 Å². The first kappa shape index (κ1) is 9.37. The summed E-state index contributed by atoms with van der Waals surface area (Å²) in [6.45, 7) is 3.09. The van der Waals surface area contributed by atoms with Crippen LogP contribution in [0.15, 0.2) is 18.2 Å². The Morgan fingerprint density at radius 3 is 2.73 bits per heavy atom. The molecule has 1 aliphatic carbocycles. The number of fused-ring (bicyclic) bond motifs is 1. The summed E-state index contributed by atoms with van der Waals surface area (Å²) in [7, 11) is 0. The van der Waals surface area contributed by atoms with E-state index in [0.717, 1.165) is 19.0 Å². The maximum absolute atomic E-state index is 5.58. The van der Waals surface area contributed by atoms with E-state index in [2.05, 4.69) is 23.1 Å². The number of nitrogens with zero attached hydrogens (tertiary/aromatic N) is 1. The Kier molecular flexibility index (Phi) is 2.26. The van der Waals surface area contributed by atoms with Gasteiger partial charge in [-0.25, -0.2) is 0 Å². The quantitative estimate of drug-likeness (QED) is 0.808. The molecule has 1 aliphatic heterocycles. The molecule has 2 aliphatic rings. The first-order valence-corrected chi connectivity index (χ1v) is 5.91. The van der Waals surface area contributed by atoms with Crippen LogP contribution in [0.1, 0.15) is 29.5 Å². The van der Waals surface area contributed by atoms with Gasteiger partial charge in [0, 0.05) is 19.1 Å². The van der Waals surface area contributed by atoms with Crippen LogP contribution >= 0.6 is 0 Å². The summed E-state index contributed by atoms with van der Waals surface area (Å²) in [5.74, 6) is 0. The van der Waals surface area contributed by atoms with Crippen LogP contribution in [0.2, 0.25) is 0 Å². The second-order valence-corrected chi connectivity index (χ2v) is 4.78. The van der Waals surface area contributed by atoms with Gasteiger partial charge in [0.05, 0.1) is 0 Å². The molecular weight excluding hydrogens is 184 g/mol. The lowest BCUT2D eigenvalue weighted by molar-refractivity contribution is 0.273. The van der Waals surface area contributed by atoms with Crippen molar-refractivity contribution >= 4 is 0 Å². The minimum Gasteiger partial charge on any atom is -0.330 e. The van der Waals surface area contributed by atoms with Crippen LogP contribution in [-0.4, -0.2) is 17.5 Å². The van der Waals surface area contributed by atoms with Crippen molar-refractivity contribution in [2.45, 2.75) is 38.4 Å². The monoisotopic (exact) mass is 202 g/mol. The lowest BCUT2D eigenvalue weighted by Crippen LogP contribution is -2.18. The van der Waals surface area contributed by atoms with Gasteiger partial charge in [0.25, 0.3) is 0 Å². The van der Waals surface area contributed by atoms with Gasteiger partial charge in [-0.2, -0.15) is 0 Å². The molecule has 0 atom stereocenters. The van der Waals surface area contributed by atoms with E-state index in [1.165, 1.54) is 42.6 Å². The molecule has 1 aromatic rings. The maximum Gasteiger partial charge on any atom is 0.0243 e. The third-order valence-electron chi connectivity index (χ3n) is 3.51. The Balaban J connectivity index is 1.79. The zero-order valence-electron chi connectivity index (χ0n) is 9.08. The van der Waals surface area contributed by atoms with Gasteiger partial charge in [-0.1, -0.05) is 18.2 Å². The zero-order valence-corrected chi connectivity index (χ0v) is 9.08. The van der Waals surface area contributed by atoms with Gasteiger partial charge < -0.3 is 5.73 Å². The highest BCUT2D eigenvalue weighted by atomic mass is 15.2. The summed E-state index contributed by atoms with van der Waals surface area (Å²) in [4.78, 5) is 2.61. The lowest BCUT2D eigenvalue weighted by atomic mass is 10.0. The molecule has 80 valence electrons. The number of benzene rings is 1. The second kappa shape index (κ2) is 3.62. The number of hydrogen-bond acceptors (Lipinski definition) is 2. The van der Waals surface area contributed by atoms with Gasteiger partial charge in [0.1, 0.15) is 0 Å². The van der Waals surface area contributed by atoms with E-state index < -0.39 is 0 Å². The average molecular weight is 202 g/mol. The highest BCUT2D eigenvalue weighted by Gasteiger charge is 2.32. The summed E-state index contributed by atoms with van der Waals surface area (Å²) in [5, 5.41) is 0. The van der Waals surface area contributed by atoms with Crippen LogP contribution in [0, 0.1) is 0 Å². The van der Waals surface area contributed by atoms with Crippen LogP contribution < -0.4 is 5.73 Å². The molecule has 0 radical (unpaired) electrons. The number of rotatable bonds is 3. The molecule has 0 spiro atoms. The van der Waals surface area contributed by atoms with Crippen LogP contribution in [0.5, 0.6) is 0 Å². The van der Waals surface area contributed by atoms with Crippen molar-refractivity contribution in [1.82, 2.24) is 4.90 Å². The fourth-order valence-electron chi connectivity index (χ4n) is 2.49. The van der Waals surface area contributed by atoms with Crippen molar-refractivity contribution in [3.8, 4) is 0 Å². The Bertz CT molecular complexity index is 369. The molecular formula is C13H18N2. The third kappa shape index (κ3) is 1.80. The molecule has 1 fully saturated rings. The molecule has 0 unspecified atom stereocenters. The standard InChI is InChI=1S/C13H18N2/c14-6-5-10-1-2-11-8-15(13-3-4-13)9-12(11)7-10/h1-2,7,13H,3-6,8-9,14H2. The fourth-order valence-corrected chi connectivity index (χ4v) is 2.49. The maximum atomic E-state index is 5.58. The van der Waals surface area contributed by atoms with Crippen LogP contribution in [0.4, 0.5) is 0 Å². The SMILES string of the molecule is NCCc1ccc2c(c1)CN(C1CC1)C2. The Morgan fingerprint density at radius 2 is 2.00 bits per heavy atom. The molecule has 2 heteroatoms. The first-order chi connectivity index (χ1) is 7.36.